The van der Waals surface area contributed by atoms with Crippen LogP contribution in [-0.4, -0.2) is 23.3 Å². The van der Waals surface area contributed by atoms with E-state index in [9.17, 15) is 9.59 Å². The van der Waals surface area contributed by atoms with Gasteiger partial charge in [-0.3, -0.25) is 9.59 Å². The molecule has 4 aromatic rings. The van der Waals surface area contributed by atoms with Crippen molar-refractivity contribution < 1.29 is 14.0 Å². The van der Waals surface area contributed by atoms with E-state index in [0.29, 0.717) is 19.4 Å². The number of anilines is 1. The Morgan fingerprint density at radius 3 is 2.76 bits per heavy atom. The van der Waals surface area contributed by atoms with E-state index in [0.717, 1.165) is 26.5 Å². The van der Waals surface area contributed by atoms with Crippen LogP contribution < -0.4 is 10.6 Å². The van der Waals surface area contributed by atoms with Gasteiger partial charge in [0.25, 0.3) is 5.91 Å². The summed E-state index contributed by atoms with van der Waals surface area (Å²) in [5.74, 6) is -0.112. The number of rotatable bonds is 7. The molecule has 0 fully saturated rings. The fourth-order valence-corrected chi connectivity index (χ4v) is 3.86. The average molecular weight is 405 g/mol. The summed E-state index contributed by atoms with van der Waals surface area (Å²) in [7, 11) is 0. The smallest absolute Gasteiger partial charge is 0.286 e. The predicted molar refractivity (Wildman–Crippen MR) is 114 cm³/mol. The average Bonchev–Trinajstić information content (AvgIpc) is 3.41. The number of amides is 2. The minimum Gasteiger partial charge on any atom is -0.459 e. The molecule has 0 aliphatic carbocycles. The molecule has 6 nitrogen and oxygen atoms in total. The Balaban J connectivity index is 1.30. The third-order valence-electron chi connectivity index (χ3n) is 4.30. The molecule has 0 saturated heterocycles. The highest BCUT2D eigenvalue weighted by Crippen LogP contribution is 2.31. The summed E-state index contributed by atoms with van der Waals surface area (Å²) in [4.78, 5) is 28.6. The van der Waals surface area contributed by atoms with Gasteiger partial charge in [-0.2, -0.15) is 0 Å². The SMILES string of the molecule is O=C(CCCNC(=O)c1ccco1)Nc1cccc(-c2nc3ccccc3s2)c1. The molecule has 0 radical (unpaired) electrons. The highest BCUT2D eigenvalue weighted by atomic mass is 32.1. The summed E-state index contributed by atoms with van der Waals surface area (Å²) in [6.45, 7) is 0.401. The van der Waals surface area contributed by atoms with Gasteiger partial charge >= 0.3 is 0 Å². The quantitative estimate of drug-likeness (QED) is 0.436. The second-order valence-corrected chi connectivity index (χ2v) is 7.48. The van der Waals surface area contributed by atoms with Crippen LogP contribution in [0.3, 0.4) is 0 Å². The number of hydrogen-bond donors (Lipinski definition) is 2. The van der Waals surface area contributed by atoms with Crippen LogP contribution in [0.25, 0.3) is 20.8 Å². The Morgan fingerprint density at radius 2 is 1.93 bits per heavy atom. The monoisotopic (exact) mass is 405 g/mol. The zero-order valence-electron chi connectivity index (χ0n) is 15.6. The number of thiazole rings is 1. The highest BCUT2D eigenvalue weighted by molar-refractivity contribution is 7.21. The number of furan rings is 1. The highest BCUT2D eigenvalue weighted by Gasteiger charge is 2.10. The zero-order valence-corrected chi connectivity index (χ0v) is 16.4. The first-order valence-electron chi connectivity index (χ1n) is 9.26. The standard InChI is InChI=1S/C22H19N3O3S/c26-20(11-4-12-23-21(27)18-9-5-13-28-18)24-16-7-3-6-15(14-16)22-25-17-8-1-2-10-19(17)29-22/h1-3,5-10,13-14H,4,11-12H2,(H,23,27)(H,24,26). The molecule has 4 rings (SSSR count). The van der Waals surface area contributed by atoms with Crippen LogP contribution in [0, 0.1) is 0 Å². The topological polar surface area (TPSA) is 84.2 Å². The molecule has 2 aromatic heterocycles. The third kappa shape index (κ3) is 4.70. The molecule has 7 heteroatoms. The molecular formula is C22H19N3O3S. The maximum absolute atomic E-state index is 12.2. The Labute approximate surface area is 171 Å². The second-order valence-electron chi connectivity index (χ2n) is 6.45. The Morgan fingerprint density at radius 1 is 1.03 bits per heavy atom. The van der Waals surface area contributed by atoms with Crippen molar-refractivity contribution in [2.45, 2.75) is 12.8 Å². The maximum Gasteiger partial charge on any atom is 0.286 e. The van der Waals surface area contributed by atoms with E-state index < -0.39 is 0 Å². The van der Waals surface area contributed by atoms with Crippen molar-refractivity contribution >= 4 is 39.1 Å². The van der Waals surface area contributed by atoms with Gasteiger partial charge in [0.2, 0.25) is 5.91 Å². The lowest BCUT2D eigenvalue weighted by Gasteiger charge is -2.07. The van der Waals surface area contributed by atoms with Gasteiger partial charge in [0.1, 0.15) is 5.01 Å². The Bertz CT molecular complexity index is 1100. The molecule has 2 heterocycles. The van der Waals surface area contributed by atoms with Gasteiger partial charge in [-0.05, 0) is 42.8 Å². The number of aromatic nitrogens is 1. The Kier molecular flexibility index (Phi) is 5.67. The number of para-hydroxylation sites is 1. The minimum atomic E-state index is -0.279. The van der Waals surface area contributed by atoms with E-state index in [1.54, 1.807) is 23.5 Å². The summed E-state index contributed by atoms with van der Waals surface area (Å²) in [6, 6.07) is 18.9. The van der Waals surface area contributed by atoms with E-state index in [-0.39, 0.29) is 17.6 Å². The van der Waals surface area contributed by atoms with Gasteiger partial charge in [-0.15, -0.1) is 11.3 Å². The Hall–Kier alpha value is -3.45. The van der Waals surface area contributed by atoms with E-state index in [2.05, 4.69) is 15.6 Å². The van der Waals surface area contributed by atoms with Crippen molar-refractivity contribution in [2.75, 3.05) is 11.9 Å². The first-order valence-corrected chi connectivity index (χ1v) is 10.1. The number of carbonyl (C=O) groups is 2. The van der Waals surface area contributed by atoms with Gasteiger partial charge < -0.3 is 15.1 Å². The third-order valence-corrected chi connectivity index (χ3v) is 5.38. The number of nitrogens with one attached hydrogen (secondary N) is 2. The van der Waals surface area contributed by atoms with Gasteiger partial charge in [0.15, 0.2) is 5.76 Å². The lowest BCUT2D eigenvalue weighted by atomic mass is 10.2. The number of fused-ring (bicyclic) bond motifs is 1. The number of benzene rings is 2. The number of carbonyl (C=O) groups excluding carboxylic acids is 2. The second kappa shape index (κ2) is 8.70. The van der Waals surface area contributed by atoms with Crippen LogP contribution in [0.1, 0.15) is 23.4 Å². The van der Waals surface area contributed by atoms with Gasteiger partial charge in [-0.1, -0.05) is 24.3 Å². The normalized spacial score (nSPS) is 10.8. The lowest BCUT2D eigenvalue weighted by molar-refractivity contribution is -0.116. The van der Waals surface area contributed by atoms with Crippen LogP contribution in [0.2, 0.25) is 0 Å². The summed E-state index contributed by atoms with van der Waals surface area (Å²) in [5, 5.41) is 6.56. The predicted octanol–water partition coefficient (Wildman–Crippen LogP) is 4.71. The summed E-state index contributed by atoms with van der Waals surface area (Å²) < 4.78 is 6.16. The van der Waals surface area contributed by atoms with Crippen LogP contribution in [0.4, 0.5) is 5.69 Å². The van der Waals surface area contributed by atoms with Crippen LogP contribution in [-0.2, 0) is 4.79 Å². The summed E-state index contributed by atoms with van der Waals surface area (Å²) in [6.07, 6.45) is 2.30. The van der Waals surface area contributed by atoms with Gasteiger partial charge in [0.05, 0.1) is 16.5 Å². The molecular weight excluding hydrogens is 386 g/mol. The molecule has 0 aliphatic heterocycles. The molecule has 2 amide bonds. The summed E-state index contributed by atoms with van der Waals surface area (Å²) in [5.41, 5.74) is 2.67. The van der Waals surface area contributed by atoms with Gasteiger partial charge in [-0.25, -0.2) is 4.98 Å². The number of nitrogens with zero attached hydrogens (tertiary/aromatic N) is 1. The van der Waals surface area contributed by atoms with Crippen molar-refractivity contribution in [1.82, 2.24) is 10.3 Å². The van der Waals surface area contributed by atoms with E-state index in [4.69, 9.17) is 4.42 Å². The maximum atomic E-state index is 12.2. The molecule has 0 saturated carbocycles. The molecule has 0 aliphatic rings. The van der Waals surface area contributed by atoms with Crippen LogP contribution in [0.5, 0.6) is 0 Å². The molecule has 0 bridgehead atoms. The fraction of sp³-hybridized carbons (Fsp3) is 0.136. The molecule has 0 atom stereocenters. The van der Waals surface area contributed by atoms with E-state index in [1.165, 1.54) is 6.26 Å². The molecule has 29 heavy (non-hydrogen) atoms. The first kappa shape index (κ1) is 18.9. The molecule has 0 unspecified atom stereocenters. The van der Waals surface area contributed by atoms with Crippen LogP contribution >= 0.6 is 11.3 Å². The van der Waals surface area contributed by atoms with Gasteiger partial charge in [0, 0.05) is 24.2 Å². The molecule has 2 N–H and O–H groups in total. The fourth-order valence-electron chi connectivity index (χ4n) is 2.89. The summed E-state index contributed by atoms with van der Waals surface area (Å²) >= 11 is 1.62. The van der Waals surface area contributed by atoms with Crippen molar-refractivity contribution in [3.05, 3.63) is 72.7 Å². The van der Waals surface area contributed by atoms with Crippen molar-refractivity contribution in [2.24, 2.45) is 0 Å². The largest absolute Gasteiger partial charge is 0.459 e. The zero-order chi connectivity index (χ0) is 20.1. The van der Waals surface area contributed by atoms with E-state index >= 15 is 0 Å². The van der Waals surface area contributed by atoms with E-state index in [1.807, 2.05) is 48.5 Å². The molecule has 146 valence electrons. The molecule has 2 aromatic carbocycles. The van der Waals surface area contributed by atoms with Crippen molar-refractivity contribution in [3.63, 3.8) is 0 Å². The van der Waals surface area contributed by atoms with Crippen molar-refractivity contribution in [1.29, 1.82) is 0 Å². The first-order chi connectivity index (χ1) is 14.2. The molecule has 0 spiro atoms. The van der Waals surface area contributed by atoms with Crippen molar-refractivity contribution in [3.8, 4) is 10.6 Å². The van der Waals surface area contributed by atoms with Crippen LogP contribution in [0.15, 0.2) is 71.3 Å². The minimum absolute atomic E-state index is 0.0984. The lowest BCUT2D eigenvalue weighted by Crippen LogP contribution is -2.25. The number of hydrogen-bond acceptors (Lipinski definition) is 5.